The van der Waals surface area contributed by atoms with Crippen LogP contribution in [0.2, 0.25) is 0 Å². The highest BCUT2D eigenvalue weighted by Crippen LogP contribution is 2.33. The van der Waals surface area contributed by atoms with Crippen molar-refractivity contribution in [3.8, 4) is 11.1 Å². The van der Waals surface area contributed by atoms with Crippen molar-refractivity contribution >= 4 is 0 Å². The number of likely N-dealkylation sites (tertiary alicyclic amines) is 1. The first-order chi connectivity index (χ1) is 12.7. The second-order valence-electron chi connectivity index (χ2n) is 7.36. The molecule has 1 fully saturated rings. The molecule has 0 bridgehead atoms. The van der Waals surface area contributed by atoms with Gasteiger partial charge in [-0.1, -0.05) is 36.8 Å². The smallest absolute Gasteiger partial charge is 0.118 e. The molecule has 3 aromatic rings. The Hall–Kier alpha value is -2.33. The molecule has 1 atom stereocenters. The quantitative estimate of drug-likeness (QED) is 0.711. The van der Waals surface area contributed by atoms with Gasteiger partial charge >= 0.3 is 0 Å². The summed E-state index contributed by atoms with van der Waals surface area (Å²) < 4.78 is 5.90. The van der Waals surface area contributed by atoms with Crippen LogP contribution in [0.25, 0.3) is 11.1 Å². The molecule has 1 aliphatic rings. The molecular weight excluding hydrogens is 322 g/mol. The number of nitrogens with one attached hydrogen (secondary N) is 1. The summed E-state index contributed by atoms with van der Waals surface area (Å²) in [6.07, 6.45) is 5.34. The van der Waals surface area contributed by atoms with Crippen molar-refractivity contribution in [2.75, 3.05) is 13.1 Å². The standard InChI is InChI=1S/C22H27N3O/c1-3-19-10-11-20(26-19)15-25-12-4-5-18(14-25)22-21(13-23-24-22)17-8-6-16(2)7-9-17/h6-11,13,18H,3-5,12,14-15H2,1-2H3,(H,23,24). The molecule has 0 radical (unpaired) electrons. The molecule has 26 heavy (non-hydrogen) atoms. The molecule has 4 rings (SSSR count). The third-order valence-corrected chi connectivity index (χ3v) is 5.39. The molecular formula is C22H27N3O. The fourth-order valence-corrected chi connectivity index (χ4v) is 3.92. The Morgan fingerprint density at radius 2 is 1.96 bits per heavy atom. The van der Waals surface area contributed by atoms with Crippen molar-refractivity contribution in [3.63, 3.8) is 0 Å². The van der Waals surface area contributed by atoms with E-state index in [4.69, 9.17) is 4.42 Å². The second kappa shape index (κ2) is 7.50. The molecule has 1 unspecified atom stereocenters. The van der Waals surface area contributed by atoms with Gasteiger partial charge in [-0.3, -0.25) is 10.00 Å². The zero-order chi connectivity index (χ0) is 17.9. The summed E-state index contributed by atoms with van der Waals surface area (Å²) in [5, 5.41) is 7.64. The predicted molar refractivity (Wildman–Crippen MR) is 104 cm³/mol. The van der Waals surface area contributed by atoms with Crippen LogP contribution in [0.4, 0.5) is 0 Å². The average molecular weight is 349 g/mol. The highest BCUT2D eigenvalue weighted by Gasteiger charge is 2.25. The molecule has 1 aliphatic heterocycles. The molecule has 4 nitrogen and oxygen atoms in total. The monoisotopic (exact) mass is 349 g/mol. The van der Waals surface area contributed by atoms with Crippen molar-refractivity contribution in [1.29, 1.82) is 0 Å². The lowest BCUT2D eigenvalue weighted by molar-refractivity contribution is 0.184. The van der Waals surface area contributed by atoms with Crippen molar-refractivity contribution in [3.05, 3.63) is 65.4 Å². The third-order valence-electron chi connectivity index (χ3n) is 5.39. The van der Waals surface area contributed by atoms with E-state index in [1.807, 2.05) is 6.20 Å². The zero-order valence-corrected chi connectivity index (χ0v) is 15.7. The molecule has 3 heterocycles. The van der Waals surface area contributed by atoms with Gasteiger partial charge in [0.05, 0.1) is 12.7 Å². The maximum absolute atomic E-state index is 5.90. The number of hydrogen-bond acceptors (Lipinski definition) is 3. The number of nitrogens with zero attached hydrogens (tertiary/aromatic N) is 2. The van der Waals surface area contributed by atoms with Crippen molar-refractivity contribution in [2.45, 2.75) is 45.6 Å². The SMILES string of the molecule is CCc1ccc(CN2CCCC(c3[nH]ncc3-c3ccc(C)cc3)C2)o1. The number of H-pyrrole nitrogens is 1. The van der Waals surface area contributed by atoms with Crippen LogP contribution in [-0.4, -0.2) is 28.2 Å². The van der Waals surface area contributed by atoms with Gasteiger partial charge in [-0.05, 0) is 44.0 Å². The lowest BCUT2D eigenvalue weighted by Crippen LogP contribution is -2.34. The summed E-state index contributed by atoms with van der Waals surface area (Å²) in [4.78, 5) is 2.51. The number of aromatic amines is 1. The number of rotatable bonds is 5. The molecule has 1 N–H and O–H groups in total. The molecule has 0 amide bonds. The van der Waals surface area contributed by atoms with Gasteiger partial charge in [0.1, 0.15) is 11.5 Å². The number of benzene rings is 1. The van der Waals surface area contributed by atoms with Gasteiger partial charge in [-0.25, -0.2) is 0 Å². The predicted octanol–water partition coefficient (Wildman–Crippen LogP) is 4.92. The summed E-state index contributed by atoms with van der Waals surface area (Å²) in [5.74, 6) is 2.64. The van der Waals surface area contributed by atoms with Crippen LogP contribution < -0.4 is 0 Å². The highest BCUT2D eigenvalue weighted by molar-refractivity contribution is 5.66. The van der Waals surface area contributed by atoms with Gasteiger partial charge in [-0.15, -0.1) is 0 Å². The highest BCUT2D eigenvalue weighted by atomic mass is 16.3. The van der Waals surface area contributed by atoms with E-state index in [9.17, 15) is 0 Å². The van der Waals surface area contributed by atoms with E-state index in [2.05, 4.69) is 65.3 Å². The number of furan rings is 1. The van der Waals surface area contributed by atoms with Crippen LogP contribution in [0.1, 0.15) is 48.5 Å². The Morgan fingerprint density at radius 1 is 1.15 bits per heavy atom. The minimum atomic E-state index is 0.489. The van der Waals surface area contributed by atoms with Gasteiger partial charge < -0.3 is 4.42 Å². The summed E-state index contributed by atoms with van der Waals surface area (Å²) >= 11 is 0. The van der Waals surface area contributed by atoms with Crippen LogP contribution in [0.3, 0.4) is 0 Å². The molecule has 1 aromatic carbocycles. The number of piperidine rings is 1. The first-order valence-corrected chi connectivity index (χ1v) is 9.63. The van der Waals surface area contributed by atoms with Crippen LogP contribution in [-0.2, 0) is 13.0 Å². The maximum atomic E-state index is 5.90. The Kier molecular flexibility index (Phi) is 4.93. The van der Waals surface area contributed by atoms with E-state index in [-0.39, 0.29) is 0 Å². The molecule has 0 saturated carbocycles. The van der Waals surface area contributed by atoms with Crippen LogP contribution >= 0.6 is 0 Å². The second-order valence-corrected chi connectivity index (χ2v) is 7.36. The van der Waals surface area contributed by atoms with Crippen molar-refractivity contribution < 1.29 is 4.42 Å². The first-order valence-electron chi connectivity index (χ1n) is 9.63. The van der Waals surface area contributed by atoms with E-state index in [1.54, 1.807) is 0 Å². The van der Waals surface area contributed by atoms with E-state index in [0.29, 0.717) is 5.92 Å². The van der Waals surface area contributed by atoms with Gasteiger partial charge in [0, 0.05) is 30.1 Å². The maximum Gasteiger partial charge on any atom is 0.118 e. The summed E-state index contributed by atoms with van der Waals surface area (Å²) in [5.41, 5.74) is 5.04. The van der Waals surface area contributed by atoms with Crippen LogP contribution in [0.15, 0.2) is 47.0 Å². The zero-order valence-electron chi connectivity index (χ0n) is 15.7. The molecule has 0 spiro atoms. The molecule has 136 valence electrons. The van der Waals surface area contributed by atoms with E-state index in [0.717, 1.165) is 37.6 Å². The Balaban J connectivity index is 1.50. The van der Waals surface area contributed by atoms with E-state index >= 15 is 0 Å². The van der Waals surface area contributed by atoms with E-state index < -0.39 is 0 Å². The van der Waals surface area contributed by atoms with Gasteiger partial charge in [0.15, 0.2) is 0 Å². The fraction of sp³-hybridized carbons (Fsp3) is 0.409. The minimum absolute atomic E-state index is 0.489. The number of aromatic nitrogens is 2. The molecule has 1 saturated heterocycles. The van der Waals surface area contributed by atoms with Crippen LogP contribution in [0, 0.1) is 6.92 Å². The Labute approximate surface area is 155 Å². The summed E-state index contributed by atoms with van der Waals surface area (Å²) in [6, 6.07) is 12.9. The Morgan fingerprint density at radius 3 is 2.73 bits per heavy atom. The van der Waals surface area contributed by atoms with Gasteiger partial charge in [0.25, 0.3) is 0 Å². The largest absolute Gasteiger partial charge is 0.465 e. The minimum Gasteiger partial charge on any atom is -0.465 e. The van der Waals surface area contributed by atoms with Crippen LogP contribution in [0.5, 0.6) is 0 Å². The van der Waals surface area contributed by atoms with Gasteiger partial charge in [-0.2, -0.15) is 5.10 Å². The number of hydrogen-bond donors (Lipinski definition) is 1. The summed E-state index contributed by atoms with van der Waals surface area (Å²) in [6.45, 7) is 7.32. The summed E-state index contributed by atoms with van der Waals surface area (Å²) in [7, 11) is 0. The molecule has 4 heteroatoms. The normalized spacial score (nSPS) is 18.3. The Bertz CT molecular complexity index is 846. The molecule has 0 aliphatic carbocycles. The van der Waals surface area contributed by atoms with E-state index in [1.165, 1.54) is 35.2 Å². The lowest BCUT2D eigenvalue weighted by Gasteiger charge is -2.32. The topological polar surface area (TPSA) is 45.1 Å². The van der Waals surface area contributed by atoms with Gasteiger partial charge in [0.2, 0.25) is 0 Å². The fourth-order valence-electron chi connectivity index (χ4n) is 3.92. The lowest BCUT2D eigenvalue weighted by atomic mass is 9.90. The van der Waals surface area contributed by atoms with Crippen molar-refractivity contribution in [2.24, 2.45) is 0 Å². The third kappa shape index (κ3) is 3.61. The first kappa shape index (κ1) is 17.1. The average Bonchev–Trinajstić information content (AvgIpc) is 3.32. The number of aryl methyl sites for hydroxylation is 2. The molecule has 2 aromatic heterocycles. The van der Waals surface area contributed by atoms with Crippen molar-refractivity contribution in [1.82, 2.24) is 15.1 Å².